The highest BCUT2D eigenvalue weighted by molar-refractivity contribution is 6.05. The fraction of sp³-hybridized carbons (Fsp3) is 0.444. The molecule has 1 aromatic heterocycles. The van der Waals surface area contributed by atoms with Crippen molar-refractivity contribution in [3.05, 3.63) is 42.2 Å². The Hall–Kier alpha value is -1.90. The van der Waals surface area contributed by atoms with Gasteiger partial charge in [-0.25, -0.2) is 0 Å². The molecule has 1 heterocycles. The Balaban J connectivity index is 2.16. The van der Waals surface area contributed by atoms with E-state index in [1.807, 2.05) is 30.3 Å². The first-order valence-corrected chi connectivity index (χ1v) is 7.62. The maximum Gasteiger partial charge on any atom is 0.270 e. The van der Waals surface area contributed by atoms with Gasteiger partial charge in [0.15, 0.2) is 0 Å². The lowest BCUT2D eigenvalue weighted by Gasteiger charge is -2.25. The summed E-state index contributed by atoms with van der Waals surface area (Å²) in [6, 6.07) is 9.78. The maximum atomic E-state index is 12.4. The molecule has 0 fully saturated rings. The van der Waals surface area contributed by atoms with Crippen LogP contribution in [0.1, 0.15) is 38.2 Å². The molecule has 0 saturated carbocycles. The Labute approximate surface area is 126 Å². The average molecular weight is 284 g/mol. The molecule has 1 N–H and O–H groups in total. The lowest BCUT2D eigenvalue weighted by Crippen LogP contribution is -2.34. The second-order valence-corrected chi connectivity index (χ2v) is 6.24. The monoisotopic (exact) mass is 284 g/mol. The van der Waals surface area contributed by atoms with Crippen molar-refractivity contribution in [3.8, 4) is 0 Å². The van der Waals surface area contributed by atoms with Crippen molar-refractivity contribution in [1.82, 2.24) is 10.3 Å². The van der Waals surface area contributed by atoms with Gasteiger partial charge in [-0.15, -0.1) is 0 Å². The first-order valence-electron chi connectivity index (χ1n) is 7.62. The lowest BCUT2D eigenvalue weighted by molar-refractivity contribution is 0.0934. The van der Waals surface area contributed by atoms with Gasteiger partial charge >= 0.3 is 0 Å². The van der Waals surface area contributed by atoms with Crippen molar-refractivity contribution in [3.63, 3.8) is 0 Å². The third-order valence-corrected chi connectivity index (χ3v) is 4.10. The number of carbonyl (C=O) groups excluding carboxylic acids is 1. The van der Waals surface area contributed by atoms with Gasteiger partial charge in [-0.2, -0.15) is 0 Å². The van der Waals surface area contributed by atoms with E-state index in [-0.39, 0.29) is 5.91 Å². The normalized spacial score (nSPS) is 11.6. The molecule has 0 bridgehead atoms. The molecule has 112 valence electrons. The van der Waals surface area contributed by atoms with Crippen LogP contribution in [-0.2, 0) is 0 Å². The largest absolute Gasteiger partial charge is 0.350 e. The molecule has 1 amide bonds. The van der Waals surface area contributed by atoms with Gasteiger partial charge in [0.1, 0.15) is 5.69 Å². The molecular weight excluding hydrogens is 260 g/mol. The van der Waals surface area contributed by atoms with Gasteiger partial charge < -0.3 is 5.32 Å². The number of aromatic nitrogens is 1. The second-order valence-electron chi connectivity index (χ2n) is 6.24. The van der Waals surface area contributed by atoms with Crippen LogP contribution in [0, 0.1) is 17.8 Å². The molecule has 0 aliphatic carbocycles. The van der Waals surface area contributed by atoms with E-state index in [2.05, 4.69) is 38.0 Å². The molecule has 0 saturated heterocycles. The van der Waals surface area contributed by atoms with Gasteiger partial charge in [0.2, 0.25) is 0 Å². The highest BCUT2D eigenvalue weighted by Crippen LogP contribution is 2.20. The average Bonchev–Trinajstić information content (AvgIpc) is 2.46. The van der Waals surface area contributed by atoms with Crippen LogP contribution in [0.25, 0.3) is 10.8 Å². The summed E-state index contributed by atoms with van der Waals surface area (Å²) in [7, 11) is 0. The molecule has 2 rings (SSSR count). The number of nitrogens with zero attached hydrogens (tertiary/aromatic N) is 1. The van der Waals surface area contributed by atoms with Crippen LogP contribution in [0.5, 0.6) is 0 Å². The Morgan fingerprint density at radius 1 is 1.10 bits per heavy atom. The zero-order chi connectivity index (χ0) is 15.4. The van der Waals surface area contributed by atoms with Gasteiger partial charge in [0.25, 0.3) is 5.91 Å². The lowest BCUT2D eigenvalue weighted by atomic mass is 9.85. The van der Waals surface area contributed by atoms with E-state index in [0.717, 1.165) is 10.8 Å². The Kier molecular flexibility index (Phi) is 4.94. The van der Waals surface area contributed by atoms with E-state index >= 15 is 0 Å². The summed E-state index contributed by atoms with van der Waals surface area (Å²) < 4.78 is 0. The van der Waals surface area contributed by atoms with Crippen molar-refractivity contribution < 1.29 is 4.79 Å². The van der Waals surface area contributed by atoms with E-state index in [4.69, 9.17) is 0 Å². The number of amides is 1. The number of pyridine rings is 1. The predicted molar refractivity (Wildman–Crippen MR) is 87.2 cm³/mol. The first kappa shape index (κ1) is 15.5. The molecular formula is C18H24N2O. The van der Waals surface area contributed by atoms with Gasteiger partial charge in [0.05, 0.1) is 0 Å². The number of hydrogen-bond acceptors (Lipinski definition) is 2. The maximum absolute atomic E-state index is 12.4. The summed E-state index contributed by atoms with van der Waals surface area (Å²) in [6.45, 7) is 9.50. The first-order chi connectivity index (χ1) is 10.0. The van der Waals surface area contributed by atoms with Crippen LogP contribution in [0.2, 0.25) is 0 Å². The Morgan fingerprint density at radius 2 is 1.76 bits per heavy atom. The van der Waals surface area contributed by atoms with Crippen molar-refractivity contribution in [1.29, 1.82) is 0 Å². The molecule has 0 aliphatic rings. The fourth-order valence-electron chi connectivity index (χ4n) is 2.84. The highest BCUT2D eigenvalue weighted by atomic mass is 16.1. The van der Waals surface area contributed by atoms with E-state index in [9.17, 15) is 4.79 Å². The van der Waals surface area contributed by atoms with Crippen LogP contribution in [0.3, 0.4) is 0 Å². The predicted octanol–water partition coefficient (Wildman–Crippen LogP) is 3.89. The van der Waals surface area contributed by atoms with Crippen molar-refractivity contribution in [2.24, 2.45) is 17.8 Å². The number of nitrogens with one attached hydrogen (secondary N) is 1. The second kappa shape index (κ2) is 6.70. The zero-order valence-electron chi connectivity index (χ0n) is 13.3. The molecule has 0 radical (unpaired) electrons. The third-order valence-electron chi connectivity index (χ3n) is 4.10. The molecule has 21 heavy (non-hydrogen) atoms. The number of fused-ring (bicyclic) bond motifs is 1. The summed E-state index contributed by atoms with van der Waals surface area (Å²) >= 11 is 0. The molecule has 0 unspecified atom stereocenters. The molecule has 3 heteroatoms. The number of hydrogen-bond donors (Lipinski definition) is 1. The van der Waals surface area contributed by atoms with E-state index in [1.165, 1.54) is 0 Å². The number of carbonyl (C=O) groups is 1. The van der Waals surface area contributed by atoms with Crippen LogP contribution in [0.4, 0.5) is 0 Å². The van der Waals surface area contributed by atoms with Crippen LogP contribution >= 0.6 is 0 Å². The summed E-state index contributed by atoms with van der Waals surface area (Å²) in [5.74, 6) is 1.48. The highest BCUT2D eigenvalue weighted by Gasteiger charge is 2.19. The minimum Gasteiger partial charge on any atom is -0.350 e. The number of rotatable bonds is 5. The summed E-state index contributed by atoms with van der Waals surface area (Å²) in [5.41, 5.74) is 0.513. The van der Waals surface area contributed by atoms with Gasteiger partial charge in [-0.05, 0) is 29.2 Å². The van der Waals surface area contributed by atoms with Crippen molar-refractivity contribution in [2.75, 3.05) is 6.54 Å². The minimum absolute atomic E-state index is 0.0851. The van der Waals surface area contributed by atoms with Crippen LogP contribution in [0.15, 0.2) is 36.5 Å². The molecule has 2 aromatic rings. The molecule has 0 aliphatic heterocycles. The van der Waals surface area contributed by atoms with Gasteiger partial charge in [0, 0.05) is 18.1 Å². The standard InChI is InChI=1S/C18H24N2O/c1-12(2)16(13(3)4)11-20-18(21)17-15-8-6-5-7-14(15)9-10-19-17/h5-10,12-13,16H,11H2,1-4H3,(H,20,21). The molecule has 1 aromatic carbocycles. The molecule has 0 spiro atoms. The Bertz CT molecular complexity index is 606. The Morgan fingerprint density at radius 3 is 2.43 bits per heavy atom. The zero-order valence-corrected chi connectivity index (χ0v) is 13.3. The van der Waals surface area contributed by atoms with Crippen molar-refractivity contribution >= 4 is 16.7 Å². The smallest absolute Gasteiger partial charge is 0.270 e. The van der Waals surface area contributed by atoms with E-state index in [0.29, 0.717) is 30.0 Å². The van der Waals surface area contributed by atoms with Crippen molar-refractivity contribution in [2.45, 2.75) is 27.7 Å². The summed E-state index contributed by atoms with van der Waals surface area (Å²) in [6.07, 6.45) is 1.69. The molecule has 3 nitrogen and oxygen atoms in total. The molecule has 0 atom stereocenters. The van der Waals surface area contributed by atoms with Gasteiger partial charge in [-0.3, -0.25) is 9.78 Å². The van der Waals surface area contributed by atoms with E-state index < -0.39 is 0 Å². The fourth-order valence-corrected chi connectivity index (χ4v) is 2.84. The van der Waals surface area contributed by atoms with Crippen LogP contribution < -0.4 is 5.32 Å². The number of benzene rings is 1. The van der Waals surface area contributed by atoms with E-state index in [1.54, 1.807) is 6.20 Å². The quantitative estimate of drug-likeness (QED) is 0.905. The minimum atomic E-state index is -0.0851. The topological polar surface area (TPSA) is 42.0 Å². The van der Waals surface area contributed by atoms with Gasteiger partial charge in [-0.1, -0.05) is 52.0 Å². The summed E-state index contributed by atoms with van der Waals surface area (Å²) in [5, 5.41) is 5.00. The summed E-state index contributed by atoms with van der Waals surface area (Å²) in [4.78, 5) is 16.7. The van der Waals surface area contributed by atoms with Crippen LogP contribution in [-0.4, -0.2) is 17.4 Å². The third kappa shape index (κ3) is 3.60. The SMILES string of the molecule is CC(C)C(CNC(=O)c1nccc2ccccc12)C(C)C.